The number of hydrogen-bond donors (Lipinski definition) is 1. The number of benzene rings is 2. The Morgan fingerprint density at radius 1 is 1.19 bits per heavy atom. The van der Waals surface area contributed by atoms with E-state index in [4.69, 9.17) is 20.2 Å². The van der Waals surface area contributed by atoms with Crippen LogP contribution in [0.2, 0.25) is 0 Å². The molecule has 2 aliphatic rings. The van der Waals surface area contributed by atoms with Crippen molar-refractivity contribution >= 4 is 33.1 Å². The van der Waals surface area contributed by atoms with Gasteiger partial charge in [-0.3, -0.25) is 9.79 Å². The molecule has 0 aromatic heterocycles. The second-order valence-corrected chi connectivity index (χ2v) is 10.3. The Balaban J connectivity index is 1.74. The summed E-state index contributed by atoms with van der Waals surface area (Å²) in [5.41, 5.74) is 10.7. The van der Waals surface area contributed by atoms with Crippen molar-refractivity contribution in [2.75, 3.05) is 12.3 Å². The van der Waals surface area contributed by atoms with E-state index < -0.39 is 11.8 Å². The second-order valence-electron chi connectivity index (χ2n) is 9.48. The first-order valence-corrected chi connectivity index (χ1v) is 13.3. The number of anilines is 1. The van der Waals surface area contributed by atoms with Gasteiger partial charge in [0.25, 0.3) is 0 Å². The number of hydrogen-bond acceptors (Lipinski definition) is 6. The number of nitrogens with two attached hydrogens (primary N) is 1. The molecule has 4 rings (SSSR count). The molecule has 188 valence electrons. The van der Waals surface area contributed by atoms with E-state index >= 15 is 0 Å². The van der Waals surface area contributed by atoms with Crippen LogP contribution in [0.4, 0.5) is 5.69 Å². The van der Waals surface area contributed by atoms with Gasteiger partial charge in [-0.05, 0) is 83.9 Å². The number of carbonyl (C=O) groups excluding carboxylic acids is 1. The smallest absolute Gasteiger partial charge is 0.175 e. The molecule has 2 aromatic carbocycles. The third-order valence-electron chi connectivity index (χ3n) is 6.83. The van der Waals surface area contributed by atoms with Gasteiger partial charge in [-0.1, -0.05) is 25.5 Å². The van der Waals surface area contributed by atoms with Crippen molar-refractivity contribution in [1.29, 1.82) is 5.26 Å². The molecular weight excluding hydrogens is 518 g/mol. The minimum Gasteiger partial charge on any atom is -0.490 e. The van der Waals surface area contributed by atoms with Crippen molar-refractivity contribution in [2.24, 2.45) is 16.8 Å². The molecule has 3 atom stereocenters. The Morgan fingerprint density at radius 3 is 2.69 bits per heavy atom. The van der Waals surface area contributed by atoms with Crippen LogP contribution in [0.25, 0.3) is 0 Å². The van der Waals surface area contributed by atoms with E-state index in [0.29, 0.717) is 52.8 Å². The number of ether oxygens (including phenoxy) is 2. The van der Waals surface area contributed by atoms with E-state index in [9.17, 15) is 10.1 Å². The topological polar surface area (TPSA) is 97.7 Å². The molecule has 0 bridgehead atoms. The number of Topliss-reactive ketones (excluding diaryl/α,β-unsaturated/α-hetero) is 1. The number of carbonyl (C=O) groups is 1. The van der Waals surface area contributed by atoms with Crippen molar-refractivity contribution in [3.05, 3.63) is 63.3 Å². The highest BCUT2D eigenvalue weighted by Crippen LogP contribution is 2.48. The van der Waals surface area contributed by atoms with Gasteiger partial charge in [0.1, 0.15) is 6.61 Å². The molecule has 1 heterocycles. The number of halogens is 1. The molecule has 0 saturated heterocycles. The largest absolute Gasteiger partial charge is 0.490 e. The fourth-order valence-corrected chi connectivity index (χ4v) is 5.86. The quantitative estimate of drug-likeness (QED) is 0.367. The van der Waals surface area contributed by atoms with Crippen LogP contribution in [-0.2, 0) is 11.4 Å². The third kappa shape index (κ3) is 5.34. The third-order valence-corrected chi connectivity index (χ3v) is 7.42. The average molecular weight is 550 g/mol. The van der Waals surface area contributed by atoms with Gasteiger partial charge in [-0.2, -0.15) is 5.26 Å². The van der Waals surface area contributed by atoms with Gasteiger partial charge < -0.3 is 15.2 Å². The fraction of sp³-hybridized carbons (Fsp3) is 0.414. The van der Waals surface area contributed by atoms with Crippen molar-refractivity contribution in [2.45, 2.75) is 59.0 Å². The summed E-state index contributed by atoms with van der Waals surface area (Å²) in [5.74, 6) is 0.645. The van der Waals surface area contributed by atoms with Gasteiger partial charge >= 0.3 is 0 Å². The standard InChI is InChI=1S/C29H32BrN3O3/c1-4-7-18-11-24-28(25(34)12-18)27(22(15-31)17(3)33-24)20-13-23(30)29(26(14-20)35-5-2)36-16-19-8-6-9-21(32)10-19/h6,8-10,13-14,18,22,27H,4-5,7,11-12,16,32H2,1-3H3. The summed E-state index contributed by atoms with van der Waals surface area (Å²) in [7, 11) is 0. The summed E-state index contributed by atoms with van der Waals surface area (Å²) in [4.78, 5) is 18.2. The highest BCUT2D eigenvalue weighted by molar-refractivity contribution is 9.10. The minimum absolute atomic E-state index is 0.104. The molecule has 2 N–H and O–H groups in total. The summed E-state index contributed by atoms with van der Waals surface area (Å²) in [6, 6.07) is 13.8. The molecule has 36 heavy (non-hydrogen) atoms. The molecule has 1 aliphatic carbocycles. The molecule has 0 radical (unpaired) electrons. The number of nitriles is 1. The monoisotopic (exact) mass is 549 g/mol. The lowest BCUT2D eigenvalue weighted by molar-refractivity contribution is -0.117. The Morgan fingerprint density at radius 2 is 2.00 bits per heavy atom. The van der Waals surface area contributed by atoms with Gasteiger partial charge in [-0.15, -0.1) is 0 Å². The number of nitrogens with zero attached hydrogens (tertiary/aromatic N) is 2. The van der Waals surface area contributed by atoms with Crippen LogP contribution in [0.3, 0.4) is 0 Å². The predicted octanol–water partition coefficient (Wildman–Crippen LogP) is 6.74. The van der Waals surface area contributed by atoms with Crippen LogP contribution in [0.15, 0.2) is 57.1 Å². The summed E-state index contributed by atoms with van der Waals surface area (Å²) in [6.07, 6.45) is 3.33. The SMILES string of the molecule is CCCC1CC(=O)C2=C(C1)N=C(C)C(C#N)C2c1cc(Br)c(OCc2cccc(N)c2)c(OCC)c1. The molecule has 3 unspecified atom stereocenters. The van der Waals surface area contributed by atoms with Crippen LogP contribution in [0.1, 0.15) is 63.5 Å². The first-order chi connectivity index (χ1) is 17.4. The van der Waals surface area contributed by atoms with Crippen LogP contribution in [0.5, 0.6) is 11.5 Å². The maximum Gasteiger partial charge on any atom is 0.175 e. The van der Waals surface area contributed by atoms with Crippen LogP contribution < -0.4 is 15.2 Å². The molecule has 0 saturated carbocycles. The van der Waals surface area contributed by atoms with Crippen LogP contribution in [0, 0.1) is 23.2 Å². The lowest BCUT2D eigenvalue weighted by Gasteiger charge is -2.35. The molecule has 7 heteroatoms. The van der Waals surface area contributed by atoms with Gasteiger partial charge in [0.05, 0.1) is 23.1 Å². The van der Waals surface area contributed by atoms with Gasteiger partial charge in [0.2, 0.25) is 0 Å². The molecule has 6 nitrogen and oxygen atoms in total. The lowest BCUT2D eigenvalue weighted by atomic mass is 9.70. The normalized spacial score (nSPS) is 21.5. The lowest BCUT2D eigenvalue weighted by Crippen LogP contribution is -2.32. The van der Waals surface area contributed by atoms with Crippen LogP contribution >= 0.6 is 15.9 Å². The van der Waals surface area contributed by atoms with Crippen molar-refractivity contribution in [3.8, 4) is 17.6 Å². The van der Waals surface area contributed by atoms with Gasteiger partial charge in [-0.25, -0.2) is 0 Å². The number of aliphatic imine (C=N–C) groups is 1. The van der Waals surface area contributed by atoms with E-state index in [0.717, 1.165) is 41.8 Å². The van der Waals surface area contributed by atoms with E-state index in [2.05, 4.69) is 28.9 Å². The molecule has 1 aliphatic heterocycles. The zero-order valence-corrected chi connectivity index (χ0v) is 22.6. The first kappa shape index (κ1) is 26.0. The van der Waals surface area contributed by atoms with Crippen LogP contribution in [-0.4, -0.2) is 18.1 Å². The molecule has 2 aromatic rings. The molecular formula is C29H32BrN3O3. The fourth-order valence-electron chi connectivity index (χ4n) is 5.29. The second kappa shape index (κ2) is 11.3. The van der Waals surface area contributed by atoms with E-state index in [1.165, 1.54) is 0 Å². The Labute approximate surface area is 221 Å². The number of nitrogen functional groups attached to an aromatic ring is 1. The molecule has 0 amide bonds. The highest BCUT2D eigenvalue weighted by atomic mass is 79.9. The van der Waals surface area contributed by atoms with Crippen molar-refractivity contribution in [1.82, 2.24) is 0 Å². The number of rotatable bonds is 8. The summed E-state index contributed by atoms with van der Waals surface area (Å²) in [6.45, 7) is 6.72. The van der Waals surface area contributed by atoms with Crippen molar-refractivity contribution in [3.63, 3.8) is 0 Å². The maximum atomic E-state index is 13.4. The van der Waals surface area contributed by atoms with E-state index in [1.807, 2.05) is 50.2 Å². The summed E-state index contributed by atoms with van der Waals surface area (Å²) >= 11 is 3.67. The first-order valence-electron chi connectivity index (χ1n) is 12.5. The molecule has 0 fully saturated rings. The van der Waals surface area contributed by atoms with E-state index in [-0.39, 0.29) is 5.78 Å². The summed E-state index contributed by atoms with van der Waals surface area (Å²) in [5, 5.41) is 10.1. The number of ketones is 1. The Kier molecular flexibility index (Phi) is 8.15. The highest BCUT2D eigenvalue weighted by Gasteiger charge is 2.41. The minimum atomic E-state index is -0.518. The number of allylic oxidation sites excluding steroid dienone is 2. The maximum absolute atomic E-state index is 13.4. The van der Waals surface area contributed by atoms with Crippen molar-refractivity contribution < 1.29 is 14.3 Å². The zero-order chi connectivity index (χ0) is 25.8. The predicted molar refractivity (Wildman–Crippen MR) is 145 cm³/mol. The zero-order valence-electron chi connectivity index (χ0n) is 21.0. The summed E-state index contributed by atoms with van der Waals surface area (Å²) < 4.78 is 12.8. The Bertz CT molecular complexity index is 1260. The Hall–Kier alpha value is -3.11. The molecule has 0 spiro atoms. The van der Waals surface area contributed by atoms with E-state index in [1.54, 1.807) is 0 Å². The van der Waals surface area contributed by atoms with Gasteiger partial charge in [0, 0.05) is 35.0 Å². The van der Waals surface area contributed by atoms with Gasteiger partial charge in [0.15, 0.2) is 17.3 Å². The average Bonchev–Trinajstić information content (AvgIpc) is 2.83.